The van der Waals surface area contributed by atoms with Crippen molar-refractivity contribution in [1.29, 1.82) is 0 Å². The Hall–Kier alpha value is -2.15. The van der Waals surface area contributed by atoms with Crippen molar-refractivity contribution in [2.45, 2.75) is 13.8 Å². The maximum Gasteiger partial charge on any atom is 0.278 e. The van der Waals surface area contributed by atoms with E-state index in [9.17, 15) is 10.1 Å². The van der Waals surface area contributed by atoms with E-state index in [0.717, 1.165) is 15.6 Å². The summed E-state index contributed by atoms with van der Waals surface area (Å²) >= 11 is 3.46. The van der Waals surface area contributed by atoms with Crippen molar-refractivity contribution in [2.75, 3.05) is 5.73 Å². The highest BCUT2D eigenvalue weighted by Gasteiger charge is 2.12. The Bertz CT molecular complexity index is 666. The molecule has 20 heavy (non-hydrogen) atoms. The van der Waals surface area contributed by atoms with E-state index in [4.69, 9.17) is 10.5 Å². The van der Waals surface area contributed by atoms with Crippen LogP contribution in [0.25, 0.3) is 0 Å². The maximum absolute atomic E-state index is 10.8. The first-order chi connectivity index (χ1) is 9.36. The number of nitrogens with zero attached hydrogens (tertiary/aromatic N) is 2. The lowest BCUT2D eigenvalue weighted by molar-refractivity contribution is -0.384. The Morgan fingerprint density at radius 2 is 1.85 bits per heavy atom. The predicted octanol–water partition coefficient (Wildman–Crippen LogP) is 3.74. The van der Waals surface area contributed by atoms with Crippen LogP contribution in [0.15, 0.2) is 28.7 Å². The van der Waals surface area contributed by atoms with E-state index >= 15 is 0 Å². The lowest BCUT2D eigenvalue weighted by Crippen LogP contribution is -1.97. The second-order valence-electron chi connectivity index (χ2n) is 4.32. The van der Waals surface area contributed by atoms with Gasteiger partial charge < -0.3 is 10.5 Å². The number of nitrogen functional groups attached to an aromatic ring is 1. The fourth-order valence-corrected chi connectivity index (χ4v) is 1.98. The molecule has 0 spiro atoms. The number of halogens is 1. The average molecular weight is 338 g/mol. The molecule has 6 nitrogen and oxygen atoms in total. The van der Waals surface area contributed by atoms with E-state index in [1.54, 1.807) is 0 Å². The van der Waals surface area contributed by atoms with Gasteiger partial charge in [0.1, 0.15) is 11.6 Å². The summed E-state index contributed by atoms with van der Waals surface area (Å²) < 4.78 is 6.55. The van der Waals surface area contributed by atoms with Gasteiger partial charge in [0.15, 0.2) is 0 Å². The van der Waals surface area contributed by atoms with Gasteiger partial charge in [-0.3, -0.25) is 10.1 Å². The largest absolute Gasteiger partial charge is 0.439 e. The van der Waals surface area contributed by atoms with E-state index < -0.39 is 4.92 Å². The lowest BCUT2D eigenvalue weighted by Gasteiger charge is -2.09. The number of aromatic nitrogens is 1. The molecule has 7 heteroatoms. The Labute approximate surface area is 123 Å². The van der Waals surface area contributed by atoms with Gasteiger partial charge in [-0.05, 0) is 37.1 Å². The Morgan fingerprint density at radius 3 is 2.40 bits per heavy atom. The second kappa shape index (κ2) is 5.46. The fraction of sp³-hybridized carbons (Fsp3) is 0.154. The molecule has 2 N–H and O–H groups in total. The van der Waals surface area contributed by atoms with Crippen molar-refractivity contribution in [1.82, 2.24) is 4.98 Å². The highest BCUT2D eigenvalue weighted by molar-refractivity contribution is 9.10. The van der Waals surface area contributed by atoms with Gasteiger partial charge in [-0.1, -0.05) is 15.9 Å². The molecule has 2 rings (SSSR count). The van der Waals surface area contributed by atoms with Crippen LogP contribution in [0.5, 0.6) is 11.6 Å². The third kappa shape index (κ3) is 3.05. The summed E-state index contributed by atoms with van der Waals surface area (Å²) in [6.07, 6.45) is 0. The summed E-state index contributed by atoms with van der Waals surface area (Å²) in [6.45, 7) is 3.86. The molecule has 0 saturated carbocycles. The Kier molecular flexibility index (Phi) is 3.89. The smallest absolute Gasteiger partial charge is 0.278 e. The summed E-state index contributed by atoms with van der Waals surface area (Å²) in [5.74, 6) is 0.688. The molecule has 0 radical (unpaired) electrons. The third-order valence-electron chi connectivity index (χ3n) is 2.65. The number of hydrogen-bond acceptors (Lipinski definition) is 5. The van der Waals surface area contributed by atoms with Gasteiger partial charge in [0.2, 0.25) is 5.88 Å². The first-order valence-corrected chi connectivity index (χ1v) is 6.52. The molecule has 0 aliphatic heterocycles. The summed E-state index contributed by atoms with van der Waals surface area (Å²) in [7, 11) is 0. The molecule has 0 aliphatic rings. The average Bonchev–Trinajstić information content (AvgIpc) is 2.35. The van der Waals surface area contributed by atoms with Gasteiger partial charge in [0, 0.05) is 4.47 Å². The van der Waals surface area contributed by atoms with Crippen LogP contribution >= 0.6 is 15.9 Å². The zero-order valence-electron chi connectivity index (χ0n) is 10.9. The Morgan fingerprint density at radius 1 is 1.25 bits per heavy atom. The van der Waals surface area contributed by atoms with Gasteiger partial charge >= 0.3 is 0 Å². The molecule has 0 unspecified atom stereocenters. The molecular formula is C13H12BrN3O3. The standard InChI is InChI=1S/C13H12BrN3O3/c1-7-3-10(4-8(2)13(7)14)20-12-6-9(17(18)19)5-11(15)16-12/h3-6H,1-2H3,(H2,15,16). The number of benzene rings is 1. The molecule has 104 valence electrons. The first-order valence-electron chi connectivity index (χ1n) is 5.73. The third-order valence-corrected chi connectivity index (χ3v) is 3.90. The van der Waals surface area contributed by atoms with E-state index in [0.29, 0.717) is 5.75 Å². The van der Waals surface area contributed by atoms with Crippen LogP contribution < -0.4 is 10.5 Å². The molecule has 1 aromatic carbocycles. The highest BCUT2D eigenvalue weighted by atomic mass is 79.9. The van der Waals surface area contributed by atoms with Crippen LogP contribution in [0.2, 0.25) is 0 Å². The van der Waals surface area contributed by atoms with Crippen molar-refractivity contribution >= 4 is 27.4 Å². The molecule has 1 aromatic heterocycles. The monoisotopic (exact) mass is 337 g/mol. The normalized spacial score (nSPS) is 10.3. The van der Waals surface area contributed by atoms with Gasteiger partial charge in [-0.25, -0.2) is 0 Å². The summed E-state index contributed by atoms with van der Waals surface area (Å²) in [4.78, 5) is 14.2. The van der Waals surface area contributed by atoms with Crippen LogP contribution in [0, 0.1) is 24.0 Å². The van der Waals surface area contributed by atoms with Crippen LogP contribution in [-0.2, 0) is 0 Å². The van der Waals surface area contributed by atoms with Crippen LogP contribution in [-0.4, -0.2) is 9.91 Å². The predicted molar refractivity (Wildman–Crippen MR) is 79.0 cm³/mol. The minimum absolute atomic E-state index is 0.0414. The highest BCUT2D eigenvalue weighted by Crippen LogP contribution is 2.30. The number of aryl methyl sites for hydroxylation is 2. The number of rotatable bonds is 3. The second-order valence-corrected chi connectivity index (χ2v) is 5.11. The lowest BCUT2D eigenvalue weighted by atomic mass is 10.1. The van der Waals surface area contributed by atoms with E-state index in [-0.39, 0.29) is 17.4 Å². The number of nitro groups is 1. The van der Waals surface area contributed by atoms with Crippen LogP contribution in [0.3, 0.4) is 0 Å². The SMILES string of the molecule is Cc1cc(Oc2cc([N+](=O)[O-])cc(N)n2)cc(C)c1Br. The molecule has 0 atom stereocenters. The zero-order chi connectivity index (χ0) is 14.9. The van der Waals surface area contributed by atoms with Gasteiger partial charge in [0.05, 0.1) is 17.1 Å². The minimum Gasteiger partial charge on any atom is -0.439 e. The summed E-state index contributed by atoms with van der Waals surface area (Å²) in [6, 6.07) is 6.05. The number of hydrogen-bond donors (Lipinski definition) is 1. The number of nitrogens with two attached hydrogens (primary N) is 1. The van der Waals surface area contributed by atoms with Crippen molar-refractivity contribution < 1.29 is 9.66 Å². The van der Waals surface area contributed by atoms with Gasteiger partial charge in [-0.2, -0.15) is 4.98 Å². The zero-order valence-corrected chi connectivity index (χ0v) is 12.5. The summed E-state index contributed by atoms with van der Waals surface area (Å²) in [5, 5.41) is 10.8. The quantitative estimate of drug-likeness (QED) is 0.680. The van der Waals surface area contributed by atoms with Crippen molar-refractivity contribution in [3.63, 3.8) is 0 Å². The van der Waals surface area contributed by atoms with E-state index in [1.807, 2.05) is 26.0 Å². The van der Waals surface area contributed by atoms with E-state index in [2.05, 4.69) is 20.9 Å². The van der Waals surface area contributed by atoms with E-state index in [1.165, 1.54) is 12.1 Å². The number of pyridine rings is 1. The van der Waals surface area contributed by atoms with Crippen molar-refractivity contribution in [3.8, 4) is 11.6 Å². The van der Waals surface area contributed by atoms with Crippen LogP contribution in [0.4, 0.5) is 11.5 Å². The maximum atomic E-state index is 10.8. The van der Waals surface area contributed by atoms with Crippen molar-refractivity contribution in [2.24, 2.45) is 0 Å². The molecule has 0 aliphatic carbocycles. The topological polar surface area (TPSA) is 91.3 Å². The molecular weight excluding hydrogens is 326 g/mol. The first kappa shape index (κ1) is 14.3. The van der Waals surface area contributed by atoms with Crippen LogP contribution in [0.1, 0.15) is 11.1 Å². The molecule has 0 bridgehead atoms. The Balaban J connectivity index is 2.37. The number of ether oxygens (including phenoxy) is 1. The molecule has 2 aromatic rings. The summed E-state index contributed by atoms with van der Waals surface area (Å²) in [5.41, 5.74) is 7.37. The van der Waals surface area contributed by atoms with Gasteiger partial charge in [-0.15, -0.1) is 0 Å². The number of anilines is 1. The minimum atomic E-state index is -0.539. The fourth-order valence-electron chi connectivity index (χ4n) is 1.76. The molecule has 0 amide bonds. The molecule has 1 heterocycles. The van der Waals surface area contributed by atoms with Gasteiger partial charge in [0.25, 0.3) is 5.69 Å². The molecule has 0 fully saturated rings. The van der Waals surface area contributed by atoms with Crippen molar-refractivity contribution in [3.05, 3.63) is 50.0 Å². The molecule has 0 saturated heterocycles.